The molecule has 1 heterocycles. The van der Waals surface area contributed by atoms with Crippen molar-refractivity contribution in [3.8, 4) is 0 Å². The summed E-state index contributed by atoms with van der Waals surface area (Å²) in [6.07, 6.45) is 3.19. The van der Waals surface area contributed by atoms with Crippen LogP contribution in [0.15, 0.2) is 18.5 Å². The first-order valence-electron chi connectivity index (χ1n) is 5.29. The Balaban J connectivity index is 2.31. The van der Waals surface area contributed by atoms with Gasteiger partial charge in [0.1, 0.15) is 0 Å². The van der Waals surface area contributed by atoms with Crippen LogP contribution in [0.2, 0.25) is 0 Å². The second kappa shape index (κ2) is 5.95. The lowest BCUT2D eigenvalue weighted by Gasteiger charge is -2.09. The van der Waals surface area contributed by atoms with E-state index in [2.05, 4.69) is 29.5 Å². The Morgan fingerprint density at radius 3 is 2.88 bits per heavy atom. The molecule has 1 aromatic rings. The van der Waals surface area contributed by atoms with E-state index in [1.165, 1.54) is 0 Å². The second-order valence-corrected chi connectivity index (χ2v) is 4.06. The topological polar surface area (TPSA) is 80.0 Å². The molecule has 0 aliphatic rings. The standard InChI is InChI=1S/C11H18N4O/c1-8(2)4-15-11(16)7-14-10-3-9(12)5-13-6-10/h3,5-6,8,14H,4,7,12H2,1-2H3,(H,15,16). The normalized spacial score (nSPS) is 10.2. The number of nitrogen functional groups attached to an aromatic ring is 1. The van der Waals surface area contributed by atoms with E-state index in [4.69, 9.17) is 5.73 Å². The maximum absolute atomic E-state index is 11.4. The molecular formula is C11H18N4O. The van der Waals surface area contributed by atoms with Crippen molar-refractivity contribution in [2.24, 2.45) is 5.92 Å². The molecule has 0 saturated heterocycles. The Morgan fingerprint density at radius 2 is 2.25 bits per heavy atom. The maximum Gasteiger partial charge on any atom is 0.239 e. The lowest BCUT2D eigenvalue weighted by molar-refractivity contribution is -0.119. The van der Waals surface area contributed by atoms with Crippen LogP contribution in [-0.2, 0) is 4.79 Å². The van der Waals surface area contributed by atoms with Crippen LogP contribution in [0.1, 0.15) is 13.8 Å². The Kier molecular flexibility index (Phi) is 4.57. The van der Waals surface area contributed by atoms with Crippen LogP contribution >= 0.6 is 0 Å². The SMILES string of the molecule is CC(C)CNC(=O)CNc1cncc(N)c1. The van der Waals surface area contributed by atoms with Crippen LogP contribution in [0.5, 0.6) is 0 Å². The van der Waals surface area contributed by atoms with Gasteiger partial charge in [0.25, 0.3) is 0 Å². The van der Waals surface area contributed by atoms with Crippen molar-refractivity contribution in [1.29, 1.82) is 0 Å². The third kappa shape index (κ3) is 4.63. The molecule has 0 aliphatic heterocycles. The van der Waals surface area contributed by atoms with Crippen molar-refractivity contribution in [2.75, 3.05) is 24.1 Å². The number of nitrogens with zero attached hydrogens (tertiary/aromatic N) is 1. The smallest absolute Gasteiger partial charge is 0.239 e. The number of pyridine rings is 1. The first kappa shape index (κ1) is 12.3. The molecule has 0 bridgehead atoms. The molecule has 0 aliphatic carbocycles. The largest absolute Gasteiger partial charge is 0.397 e. The zero-order valence-corrected chi connectivity index (χ0v) is 9.66. The minimum absolute atomic E-state index is 0.0314. The van der Waals surface area contributed by atoms with Gasteiger partial charge in [-0.15, -0.1) is 0 Å². The van der Waals surface area contributed by atoms with Gasteiger partial charge in [-0.05, 0) is 12.0 Å². The highest BCUT2D eigenvalue weighted by atomic mass is 16.1. The van der Waals surface area contributed by atoms with Gasteiger partial charge in [-0.25, -0.2) is 0 Å². The van der Waals surface area contributed by atoms with Crippen LogP contribution in [0.3, 0.4) is 0 Å². The van der Waals surface area contributed by atoms with Crippen molar-refractivity contribution < 1.29 is 4.79 Å². The van der Waals surface area contributed by atoms with Gasteiger partial charge >= 0.3 is 0 Å². The zero-order chi connectivity index (χ0) is 12.0. The molecule has 0 saturated carbocycles. The quantitative estimate of drug-likeness (QED) is 0.690. The minimum Gasteiger partial charge on any atom is -0.397 e. The zero-order valence-electron chi connectivity index (χ0n) is 9.66. The molecule has 1 aromatic heterocycles. The van der Waals surface area contributed by atoms with Crippen LogP contribution in [-0.4, -0.2) is 24.0 Å². The number of hydrogen-bond donors (Lipinski definition) is 3. The minimum atomic E-state index is -0.0314. The summed E-state index contributed by atoms with van der Waals surface area (Å²) < 4.78 is 0. The first-order valence-corrected chi connectivity index (χ1v) is 5.29. The Labute approximate surface area is 95.4 Å². The monoisotopic (exact) mass is 222 g/mol. The molecular weight excluding hydrogens is 204 g/mol. The molecule has 16 heavy (non-hydrogen) atoms. The van der Waals surface area contributed by atoms with Crippen LogP contribution in [0, 0.1) is 5.92 Å². The molecule has 5 heteroatoms. The number of aromatic nitrogens is 1. The summed E-state index contributed by atoms with van der Waals surface area (Å²) in [5, 5.41) is 5.77. The lowest BCUT2D eigenvalue weighted by atomic mass is 10.2. The molecule has 88 valence electrons. The number of amides is 1. The molecule has 0 unspecified atom stereocenters. The summed E-state index contributed by atoms with van der Waals surface area (Å²) in [5.74, 6) is 0.425. The van der Waals surface area contributed by atoms with Crippen LogP contribution in [0.25, 0.3) is 0 Å². The number of rotatable bonds is 5. The van der Waals surface area contributed by atoms with Crippen molar-refractivity contribution in [2.45, 2.75) is 13.8 Å². The molecule has 5 nitrogen and oxygen atoms in total. The number of nitrogens with two attached hydrogens (primary N) is 1. The van der Waals surface area contributed by atoms with E-state index in [0.29, 0.717) is 18.2 Å². The summed E-state index contributed by atoms with van der Waals surface area (Å²) in [5.41, 5.74) is 6.89. The van der Waals surface area contributed by atoms with Gasteiger partial charge in [0.15, 0.2) is 0 Å². The number of carbonyl (C=O) groups is 1. The Bertz CT molecular complexity index is 352. The summed E-state index contributed by atoms with van der Waals surface area (Å²) in [7, 11) is 0. The van der Waals surface area contributed by atoms with E-state index in [9.17, 15) is 4.79 Å². The highest BCUT2D eigenvalue weighted by molar-refractivity contribution is 5.80. The van der Waals surface area contributed by atoms with E-state index in [0.717, 1.165) is 5.69 Å². The summed E-state index contributed by atoms with van der Waals surface area (Å²) in [4.78, 5) is 15.3. The van der Waals surface area contributed by atoms with Crippen molar-refractivity contribution in [3.05, 3.63) is 18.5 Å². The number of nitrogens with one attached hydrogen (secondary N) is 2. The van der Waals surface area contributed by atoms with E-state index in [1.807, 2.05) is 0 Å². The average Bonchev–Trinajstić information content (AvgIpc) is 2.23. The third-order valence-electron chi connectivity index (χ3n) is 1.92. The van der Waals surface area contributed by atoms with E-state index >= 15 is 0 Å². The average molecular weight is 222 g/mol. The van der Waals surface area contributed by atoms with Crippen LogP contribution < -0.4 is 16.4 Å². The van der Waals surface area contributed by atoms with Gasteiger partial charge in [0.05, 0.1) is 24.1 Å². The molecule has 1 amide bonds. The fraction of sp³-hybridized carbons (Fsp3) is 0.455. The van der Waals surface area contributed by atoms with Gasteiger partial charge < -0.3 is 16.4 Å². The van der Waals surface area contributed by atoms with Crippen molar-refractivity contribution >= 4 is 17.3 Å². The van der Waals surface area contributed by atoms with E-state index < -0.39 is 0 Å². The van der Waals surface area contributed by atoms with Crippen molar-refractivity contribution in [1.82, 2.24) is 10.3 Å². The highest BCUT2D eigenvalue weighted by Crippen LogP contribution is 2.08. The molecule has 0 spiro atoms. The molecule has 0 fully saturated rings. The summed E-state index contributed by atoms with van der Waals surface area (Å²) >= 11 is 0. The maximum atomic E-state index is 11.4. The predicted molar refractivity (Wildman–Crippen MR) is 65.0 cm³/mol. The van der Waals surface area contributed by atoms with Gasteiger partial charge in [-0.1, -0.05) is 13.8 Å². The third-order valence-corrected chi connectivity index (χ3v) is 1.92. The summed E-state index contributed by atoms with van der Waals surface area (Å²) in [6, 6.07) is 1.74. The van der Waals surface area contributed by atoms with E-state index in [1.54, 1.807) is 18.5 Å². The van der Waals surface area contributed by atoms with E-state index in [-0.39, 0.29) is 12.5 Å². The van der Waals surface area contributed by atoms with Crippen molar-refractivity contribution in [3.63, 3.8) is 0 Å². The number of anilines is 2. The molecule has 0 radical (unpaired) electrons. The first-order chi connectivity index (χ1) is 7.58. The van der Waals surface area contributed by atoms with Crippen LogP contribution in [0.4, 0.5) is 11.4 Å². The van der Waals surface area contributed by atoms with Gasteiger partial charge in [0, 0.05) is 12.7 Å². The molecule has 1 rings (SSSR count). The lowest BCUT2D eigenvalue weighted by Crippen LogP contribution is -2.32. The van der Waals surface area contributed by atoms with Gasteiger partial charge in [-0.3, -0.25) is 9.78 Å². The summed E-state index contributed by atoms with van der Waals surface area (Å²) in [6.45, 7) is 5.03. The highest BCUT2D eigenvalue weighted by Gasteiger charge is 2.02. The fourth-order valence-corrected chi connectivity index (χ4v) is 1.12. The molecule has 0 aromatic carbocycles. The number of hydrogen-bond acceptors (Lipinski definition) is 4. The predicted octanol–water partition coefficient (Wildman–Crippen LogP) is 0.848. The Hall–Kier alpha value is -1.78. The molecule has 4 N–H and O–H groups in total. The number of carbonyl (C=O) groups excluding carboxylic acids is 1. The Morgan fingerprint density at radius 1 is 1.50 bits per heavy atom. The van der Waals surface area contributed by atoms with Gasteiger partial charge in [-0.2, -0.15) is 0 Å². The van der Waals surface area contributed by atoms with Gasteiger partial charge in [0.2, 0.25) is 5.91 Å². The molecule has 0 atom stereocenters. The fourth-order valence-electron chi connectivity index (χ4n) is 1.12. The second-order valence-electron chi connectivity index (χ2n) is 4.06.